The molecule has 1 fully saturated rings. The van der Waals surface area contributed by atoms with Gasteiger partial charge in [-0.05, 0) is 49.6 Å². The van der Waals surface area contributed by atoms with Crippen LogP contribution in [0, 0.1) is 0 Å². The van der Waals surface area contributed by atoms with Gasteiger partial charge < -0.3 is 10.6 Å². The van der Waals surface area contributed by atoms with Crippen molar-refractivity contribution in [3.05, 3.63) is 48.3 Å². The van der Waals surface area contributed by atoms with E-state index in [1.807, 2.05) is 24.0 Å². The van der Waals surface area contributed by atoms with Crippen molar-refractivity contribution in [2.75, 3.05) is 26.7 Å². The molecule has 1 aliphatic heterocycles. The van der Waals surface area contributed by atoms with Gasteiger partial charge in [-0.25, -0.2) is 4.68 Å². The summed E-state index contributed by atoms with van der Waals surface area (Å²) in [5.41, 5.74) is 2.29. The maximum atomic E-state index is 4.34. The molecular formula is C21H33IN6. The molecule has 1 aliphatic rings. The lowest BCUT2D eigenvalue weighted by Gasteiger charge is -2.35. The molecule has 0 aliphatic carbocycles. The van der Waals surface area contributed by atoms with Crippen molar-refractivity contribution in [3.8, 4) is 5.69 Å². The molecule has 28 heavy (non-hydrogen) atoms. The van der Waals surface area contributed by atoms with Crippen molar-refractivity contribution in [1.29, 1.82) is 0 Å². The van der Waals surface area contributed by atoms with E-state index >= 15 is 0 Å². The monoisotopic (exact) mass is 496 g/mol. The van der Waals surface area contributed by atoms with E-state index < -0.39 is 0 Å². The molecule has 0 amide bonds. The highest BCUT2D eigenvalue weighted by atomic mass is 127. The highest BCUT2D eigenvalue weighted by molar-refractivity contribution is 14.0. The lowest BCUT2D eigenvalue weighted by atomic mass is 10.0. The number of nitrogens with zero attached hydrogens (tertiary/aromatic N) is 4. The number of nitrogens with one attached hydrogen (secondary N) is 2. The number of halogens is 1. The summed E-state index contributed by atoms with van der Waals surface area (Å²) in [4.78, 5) is 6.97. The minimum atomic E-state index is 0. The van der Waals surface area contributed by atoms with Crippen molar-refractivity contribution in [3.63, 3.8) is 0 Å². The zero-order valence-electron chi connectivity index (χ0n) is 17.0. The standard InChI is InChI=1S/C21H32N6.HI/c1-3-19-7-4-5-14-26(19)16-13-23-21(22-2)24-17-18-8-10-20(11-9-18)27-15-6-12-25-27;/h6,8-12,15,19H,3-5,7,13-14,16-17H2,1-2H3,(H2,22,23,24);1H. The third-order valence-electron chi connectivity index (χ3n) is 5.30. The highest BCUT2D eigenvalue weighted by Gasteiger charge is 2.19. The van der Waals surface area contributed by atoms with Crippen LogP contribution in [0.4, 0.5) is 0 Å². The van der Waals surface area contributed by atoms with Gasteiger partial charge in [0.25, 0.3) is 0 Å². The van der Waals surface area contributed by atoms with Crippen molar-refractivity contribution >= 4 is 29.9 Å². The Bertz CT molecular complexity index is 698. The lowest BCUT2D eigenvalue weighted by molar-refractivity contribution is 0.147. The number of aliphatic imine (C=N–C) groups is 1. The fourth-order valence-corrected chi connectivity index (χ4v) is 3.73. The summed E-state index contributed by atoms with van der Waals surface area (Å²) in [6.45, 7) is 6.29. The Morgan fingerprint density at radius 3 is 2.71 bits per heavy atom. The van der Waals surface area contributed by atoms with Crippen molar-refractivity contribution in [1.82, 2.24) is 25.3 Å². The first-order valence-electron chi connectivity index (χ1n) is 10.1. The number of guanidine groups is 1. The largest absolute Gasteiger partial charge is 0.355 e. The van der Waals surface area contributed by atoms with Crippen LogP contribution in [0.2, 0.25) is 0 Å². The van der Waals surface area contributed by atoms with Gasteiger partial charge in [0, 0.05) is 45.1 Å². The van der Waals surface area contributed by atoms with E-state index in [2.05, 4.69) is 56.8 Å². The summed E-state index contributed by atoms with van der Waals surface area (Å²) in [6, 6.07) is 11.1. The highest BCUT2D eigenvalue weighted by Crippen LogP contribution is 2.18. The van der Waals surface area contributed by atoms with E-state index in [-0.39, 0.29) is 24.0 Å². The van der Waals surface area contributed by atoms with Crippen LogP contribution in [-0.2, 0) is 6.54 Å². The van der Waals surface area contributed by atoms with Crippen LogP contribution in [-0.4, -0.2) is 53.4 Å². The number of hydrogen-bond acceptors (Lipinski definition) is 3. The van der Waals surface area contributed by atoms with Gasteiger partial charge in [0.2, 0.25) is 0 Å². The maximum Gasteiger partial charge on any atom is 0.191 e. The lowest BCUT2D eigenvalue weighted by Crippen LogP contribution is -2.45. The fraction of sp³-hybridized carbons (Fsp3) is 0.524. The predicted octanol–water partition coefficient (Wildman–Crippen LogP) is 3.42. The number of aromatic nitrogens is 2. The number of piperidine rings is 1. The molecule has 1 aromatic heterocycles. The Labute approximate surface area is 185 Å². The predicted molar refractivity (Wildman–Crippen MR) is 127 cm³/mol. The summed E-state index contributed by atoms with van der Waals surface area (Å²) in [5.74, 6) is 0.858. The molecule has 7 heteroatoms. The van der Waals surface area contributed by atoms with Crippen LogP contribution in [0.3, 0.4) is 0 Å². The van der Waals surface area contributed by atoms with Gasteiger partial charge in [-0.3, -0.25) is 9.89 Å². The van der Waals surface area contributed by atoms with Gasteiger partial charge >= 0.3 is 0 Å². The minimum Gasteiger partial charge on any atom is -0.355 e. The van der Waals surface area contributed by atoms with E-state index in [1.165, 1.54) is 37.8 Å². The molecule has 1 atom stereocenters. The Morgan fingerprint density at radius 1 is 1.21 bits per heavy atom. The third kappa shape index (κ3) is 6.48. The summed E-state index contributed by atoms with van der Waals surface area (Å²) in [6.07, 6.45) is 9.05. The molecule has 0 radical (unpaired) electrons. The number of rotatable bonds is 7. The van der Waals surface area contributed by atoms with E-state index in [0.717, 1.165) is 37.3 Å². The average molecular weight is 496 g/mol. The maximum absolute atomic E-state index is 4.34. The van der Waals surface area contributed by atoms with Crippen molar-refractivity contribution in [2.45, 2.75) is 45.2 Å². The van der Waals surface area contributed by atoms with Gasteiger partial charge in [0.1, 0.15) is 0 Å². The van der Waals surface area contributed by atoms with Crippen LogP contribution in [0.25, 0.3) is 5.69 Å². The Hall–Kier alpha value is -1.61. The van der Waals surface area contributed by atoms with Crippen molar-refractivity contribution < 1.29 is 0 Å². The van der Waals surface area contributed by atoms with Gasteiger partial charge in [0.05, 0.1) is 5.69 Å². The van der Waals surface area contributed by atoms with Crippen molar-refractivity contribution in [2.24, 2.45) is 4.99 Å². The number of benzene rings is 1. The molecule has 0 saturated carbocycles. The summed E-state index contributed by atoms with van der Waals surface area (Å²) < 4.78 is 1.86. The second-order valence-corrected chi connectivity index (χ2v) is 7.06. The molecular weight excluding hydrogens is 463 g/mol. The van der Waals surface area contributed by atoms with E-state index in [1.54, 1.807) is 6.20 Å². The molecule has 2 heterocycles. The van der Waals surface area contributed by atoms with E-state index in [0.29, 0.717) is 0 Å². The molecule has 1 aromatic carbocycles. The smallest absolute Gasteiger partial charge is 0.191 e. The average Bonchev–Trinajstić information content (AvgIpc) is 3.26. The summed E-state index contributed by atoms with van der Waals surface area (Å²) in [5, 5.41) is 11.1. The number of likely N-dealkylation sites (tertiary alicyclic amines) is 1. The second-order valence-electron chi connectivity index (χ2n) is 7.06. The minimum absolute atomic E-state index is 0. The normalized spacial score (nSPS) is 17.8. The van der Waals surface area contributed by atoms with Gasteiger partial charge in [0.15, 0.2) is 5.96 Å². The quantitative estimate of drug-likeness (QED) is 0.351. The van der Waals surface area contributed by atoms with E-state index in [9.17, 15) is 0 Å². The Kier molecular flexibility index (Phi) is 9.77. The molecule has 2 aromatic rings. The zero-order valence-corrected chi connectivity index (χ0v) is 19.3. The Balaban J connectivity index is 0.00000280. The molecule has 0 spiro atoms. The van der Waals surface area contributed by atoms with Crippen LogP contribution in [0.5, 0.6) is 0 Å². The van der Waals surface area contributed by atoms with Gasteiger partial charge in [-0.2, -0.15) is 5.10 Å². The first-order valence-corrected chi connectivity index (χ1v) is 10.1. The third-order valence-corrected chi connectivity index (χ3v) is 5.30. The fourth-order valence-electron chi connectivity index (χ4n) is 3.73. The number of hydrogen-bond donors (Lipinski definition) is 2. The molecule has 6 nitrogen and oxygen atoms in total. The molecule has 154 valence electrons. The summed E-state index contributed by atoms with van der Waals surface area (Å²) >= 11 is 0. The van der Waals surface area contributed by atoms with Crippen LogP contribution >= 0.6 is 24.0 Å². The van der Waals surface area contributed by atoms with Gasteiger partial charge in [-0.15, -0.1) is 24.0 Å². The van der Waals surface area contributed by atoms with Gasteiger partial charge in [-0.1, -0.05) is 25.5 Å². The zero-order chi connectivity index (χ0) is 18.9. The first-order chi connectivity index (χ1) is 13.3. The SMILES string of the molecule is CCC1CCCCN1CCNC(=NC)NCc1ccc(-n2cccn2)cc1.I. The molecule has 2 N–H and O–H groups in total. The first kappa shape index (κ1) is 22.7. The van der Waals surface area contributed by atoms with Crippen LogP contribution < -0.4 is 10.6 Å². The second kappa shape index (κ2) is 12.1. The summed E-state index contributed by atoms with van der Waals surface area (Å²) in [7, 11) is 1.83. The van der Waals surface area contributed by atoms with E-state index in [4.69, 9.17) is 0 Å². The van der Waals surface area contributed by atoms with Crippen LogP contribution in [0.15, 0.2) is 47.7 Å². The molecule has 1 saturated heterocycles. The molecule has 0 bridgehead atoms. The van der Waals surface area contributed by atoms with Crippen LogP contribution in [0.1, 0.15) is 38.2 Å². The molecule has 3 rings (SSSR count). The topological polar surface area (TPSA) is 57.5 Å². The molecule has 1 unspecified atom stereocenters. The Morgan fingerprint density at radius 2 is 2.04 bits per heavy atom.